The summed E-state index contributed by atoms with van der Waals surface area (Å²) in [6, 6.07) is 8.01. The zero-order valence-corrected chi connectivity index (χ0v) is 18.8. The Hall–Kier alpha value is -1.59. The summed E-state index contributed by atoms with van der Waals surface area (Å²) in [5.74, 6) is 1.21. The molecule has 3 saturated heterocycles. The van der Waals surface area contributed by atoms with Gasteiger partial charge in [0.05, 0.1) is 30.8 Å². The van der Waals surface area contributed by atoms with Gasteiger partial charge in [0.2, 0.25) is 5.91 Å². The van der Waals surface area contributed by atoms with Crippen molar-refractivity contribution in [3.8, 4) is 5.75 Å². The van der Waals surface area contributed by atoms with Crippen molar-refractivity contribution in [3.63, 3.8) is 0 Å². The highest BCUT2D eigenvalue weighted by Gasteiger charge is 2.50. The van der Waals surface area contributed by atoms with Gasteiger partial charge >= 0.3 is 0 Å². The Labute approximate surface area is 181 Å². The molecule has 5 nitrogen and oxygen atoms in total. The molecule has 1 saturated carbocycles. The number of quaternary nitrogens is 1. The number of carbonyl (C=O) groups excluding carboxylic acids is 1. The molecule has 0 aromatic heterocycles. The van der Waals surface area contributed by atoms with Crippen LogP contribution in [0.25, 0.3) is 0 Å². The van der Waals surface area contributed by atoms with Crippen LogP contribution in [0.5, 0.6) is 5.75 Å². The Morgan fingerprint density at radius 1 is 1.13 bits per heavy atom. The number of rotatable bonds is 4. The minimum atomic E-state index is -0.102. The number of hydrogen-bond donors (Lipinski definition) is 1. The molecule has 30 heavy (non-hydrogen) atoms. The van der Waals surface area contributed by atoms with Crippen molar-refractivity contribution in [2.24, 2.45) is 5.41 Å². The largest absolute Gasteiger partial charge is 0.494 e. The Morgan fingerprint density at radius 3 is 2.63 bits per heavy atom. The molecule has 4 aliphatic rings. The van der Waals surface area contributed by atoms with E-state index in [1.54, 1.807) is 7.11 Å². The van der Waals surface area contributed by atoms with Crippen molar-refractivity contribution in [3.05, 3.63) is 18.2 Å². The Kier molecular flexibility index (Phi) is 5.30. The second-order valence-electron chi connectivity index (χ2n) is 10.2. The summed E-state index contributed by atoms with van der Waals surface area (Å²) in [7, 11) is 1.76. The fraction of sp³-hybridized carbons (Fsp3) is 0.720. The van der Waals surface area contributed by atoms with Gasteiger partial charge in [-0.2, -0.15) is 0 Å². The number of nitrogens with zero attached hydrogens (tertiary/aromatic N) is 2. The molecule has 3 heterocycles. The van der Waals surface area contributed by atoms with Crippen molar-refractivity contribution >= 4 is 17.3 Å². The number of benzene rings is 1. The lowest BCUT2D eigenvalue weighted by Gasteiger charge is -2.43. The minimum absolute atomic E-state index is 0.102. The maximum atomic E-state index is 13.5. The predicted molar refractivity (Wildman–Crippen MR) is 122 cm³/mol. The molecule has 1 aromatic carbocycles. The van der Waals surface area contributed by atoms with Crippen molar-refractivity contribution in [2.75, 3.05) is 38.2 Å². The van der Waals surface area contributed by atoms with Gasteiger partial charge in [-0.1, -0.05) is 19.3 Å². The molecular formula is C25H38N3O2+. The van der Waals surface area contributed by atoms with E-state index in [1.807, 2.05) is 4.90 Å². The van der Waals surface area contributed by atoms with E-state index in [0.717, 1.165) is 54.8 Å². The van der Waals surface area contributed by atoms with E-state index in [0.29, 0.717) is 18.0 Å². The highest BCUT2D eigenvalue weighted by Crippen LogP contribution is 2.49. The zero-order valence-electron chi connectivity index (χ0n) is 18.8. The molecule has 3 aliphatic heterocycles. The summed E-state index contributed by atoms with van der Waals surface area (Å²) < 4.78 is 6.98. The van der Waals surface area contributed by atoms with E-state index in [9.17, 15) is 4.79 Å². The molecule has 1 unspecified atom stereocenters. The highest BCUT2D eigenvalue weighted by molar-refractivity contribution is 6.01. The fourth-order valence-corrected chi connectivity index (χ4v) is 7.16. The van der Waals surface area contributed by atoms with Crippen LogP contribution in [-0.2, 0) is 4.79 Å². The number of likely N-dealkylation sites (tertiary alicyclic amines) is 1. The molecule has 0 radical (unpaired) electrons. The summed E-state index contributed by atoms with van der Waals surface area (Å²) in [6.07, 6.45) is 10.6. The number of hydrogen-bond acceptors (Lipinski definition) is 3. The van der Waals surface area contributed by atoms with Gasteiger partial charge in [0.25, 0.3) is 0 Å². The molecule has 0 bridgehead atoms. The van der Waals surface area contributed by atoms with Gasteiger partial charge in [-0.25, -0.2) is 0 Å². The van der Waals surface area contributed by atoms with Gasteiger partial charge < -0.3 is 15.0 Å². The highest BCUT2D eigenvalue weighted by atomic mass is 16.5. The summed E-state index contributed by atoms with van der Waals surface area (Å²) in [5, 5.41) is 3.59. The fourth-order valence-electron chi connectivity index (χ4n) is 7.16. The Bertz CT molecular complexity index is 798. The van der Waals surface area contributed by atoms with Crippen molar-refractivity contribution in [1.82, 2.24) is 9.80 Å². The van der Waals surface area contributed by atoms with Gasteiger partial charge in [-0.15, -0.1) is 0 Å². The average Bonchev–Trinajstić information content (AvgIpc) is 3.50. The van der Waals surface area contributed by atoms with Gasteiger partial charge in [0, 0.05) is 51.0 Å². The van der Waals surface area contributed by atoms with Gasteiger partial charge in [0.1, 0.15) is 17.5 Å². The molecule has 4 fully saturated rings. The number of carbonyl (C=O) groups is 1. The zero-order chi connectivity index (χ0) is 20.8. The first-order chi connectivity index (χ1) is 14.6. The number of amides is 1. The third-order valence-corrected chi connectivity index (χ3v) is 8.88. The number of ether oxygens (including phenoxy) is 1. The van der Waals surface area contributed by atoms with Crippen molar-refractivity contribution in [2.45, 2.75) is 76.8 Å². The number of methoxy groups -OCH3 is 1. The van der Waals surface area contributed by atoms with E-state index in [-0.39, 0.29) is 5.41 Å². The van der Waals surface area contributed by atoms with Crippen LogP contribution in [0.2, 0.25) is 0 Å². The maximum Gasteiger partial charge on any atom is 0.233 e. The van der Waals surface area contributed by atoms with E-state index in [4.69, 9.17) is 4.74 Å². The van der Waals surface area contributed by atoms with Crippen molar-refractivity contribution in [1.29, 1.82) is 0 Å². The second-order valence-corrected chi connectivity index (χ2v) is 10.2. The van der Waals surface area contributed by atoms with Crippen LogP contribution < -0.4 is 19.4 Å². The molecule has 1 amide bonds. The van der Waals surface area contributed by atoms with E-state index >= 15 is 0 Å². The summed E-state index contributed by atoms with van der Waals surface area (Å²) in [4.78, 5) is 15.5. The first-order valence-corrected chi connectivity index (χ1v) is 12.2. The third kappa shape index (κ3) is 3.00. The van der Waals surface area contributed by atoms with E-state index < -0.39 is 0 Å². The summed E-state index contributed by atoms with van der Waals surface area (Å²) in [6.45, 7) is 6.68. The quantitative estimate of drug-likeness (QED) is 0.753. The standard InChI is InChI=1S/C25H38N3O2/c1-19-7-6-16-28(19,21-10-14-26-18-21)20-8-9-22(23(17-20)30-2)27-15-13-25(24(27)29)11-4-3-5-12-25/h8-9,17,19,21,26H,3-7,10-16,18H2,1-2H3/q+1/t19-,21-,28?/m0/s1. The number of nitrogens with one attached hydrogen (secondary N) is 1. The van der Waals surface area contributed by atoms with E-state index in [1.165, 1.54) is 50.8 Å². The lowest BCUT2D eigenvalue weighted by molar-refractivity contribution is -0.127. The first-order valence-electron chi connectivity index (χ1n) is 12.2. The maximum absolute atomic E-state index is 13.5. The van der Waals surface area contributed by atoms with E-state index in [2.05, 4.69) is 30.4 Å². The monoisotopic (exact) mass is 412 g/mol. The summed E-state index contributed by atoms with van der Waals surface area (Å²) in [5.41, 5.74) is 2.24. The van der Waals surface area contributed by atoms with Gasteiger partial charge in [0.15, 0.2) is 0 Å². The SMILES string of the molecule is COc1cc([N+]2([C@H]3CCNC3)CCC[C@@H]2C)ccc1N1CCC2(CCCCC2)C1=O. The predicted octanol–water partition coefficient (Wildman–Crippen LogP) is 4.23. The smallest absolute Gasteiger partial charge is 0.233 e. The van der Waals surface area contributed by atoms with Crippen LogP contribution in [0, 0.1) is 5.41 Å². The summed E-state index contributed by atoms with van der Waals surface area (Å²) >= 11 is 0. The molecule has 1 N–H and O–H groups in total. The molecule has 5 heteroatoms. The van der Waals surface area contributed by atoms with Crippen molar-refractivity contribution < 1.29 is 9.53 Å². The molecule has 164 valence electrons. The van der Waals surface area contributed by atoms with Crippen LogP contribution in [0.3, 0.4) is 0 Å². The molecule has 1 spiro atoms. The Balaban J connectivity index is 1.48. The Morgan fingerprint density at radius 2 is 1.97 bits per heavy atom. The molecule has 1 aliphatic carbocycles. The molecule has 5 rings (SSSR count). The van der Waals surface area contributed by atoms with Gasteiger partial charge in [-0.05, 0) is 32.3 Å². The molecular weight excluding hydrogens is 374 g/mol. The van der Waals surface area contributed by atoms with Crippen LogP contribution in [0.1, 0.15) is 64.7 Å². The molecule has 3 atom stereocenters. The number of anilines is 1. The lowest BCUT2D eigenvalue weighted by atomic mass is 9.73. The first kappa shape index (κ1) is 20.3. The van der Waals surface area contributed by atoms with Gasteiger partial charge in [-0.3, -0.25) is 9.28 Å². The third-order valence-electron chi connectivity index (χ3n) is 8.88. The van der Waals surface area contributed by atoms with Crippen LogP contribution in [-0.4, -0.2) is 51.3 Å². The van der Waals surface area contributed by atoms with Crippen LogP contribution >= 0.6 is 0 Å². The second kappa shape index (κ2) is 7.83. The normalized spacial score (nSPS) is 33.5. The average molecular weight is 413 g/mol. The topological polar surface area (TPSA) is 41.6 Å². The van der Waals surface area contributed by atoms with Crippen LogP contribution in [0.4, 0.5) is 11.4 Å². The minimum Gasteiger partial charge on any atom is -0.494 e. The van der Waals surface area contributed by atoms with Crippen LogP contribution in [0.15, 0.2) is 18.2 Å². The molecule has 1 aromatic rings. The lowest BCUT2D eigenvalue weighted by Crippen LogP contribution is -2.59.